The monoisotopic (exact) mass is 143 g/mol. The highest BCUT2D eigenvalue weighted by atomic mass is 35.5. The van der Waals surface area contributed by atoms with Crippen molar-refractivity contribution in [2.24, 2.45) is 4.99 Å². The van der Waals surface area contributed by atoms with Gasteiger partial charge < -0.3 is 0 Å². The van der Waals surface area contributed by atoms with Crippen molar-refractivity contribution in [3.63, 3.8) is 0 Å². The summed E-state index contributed by atoms with van der Waals surface area (Å²) in [7, 11) is 1.69. The lowest BCUT2D eigenvalue weighted by atomic mass is 10.3. The third-order valence-electron chi connectivity index (χ3n) is 0.778. The molecule has 0 aromatic rings. The van der Waals surface area contributed by atoms with E-state index in [1.807, 2.05) is 6.92 Å². The maximum atomic E-state index is 5.66. The van der Waals surface area contributed by atoms with Crippen LogP contribution in [0.2, 0.25) is 0 Å². The summed E-state index contributed by atoms with van der Waals surface area (Å²) in [5.41, 5.74) is 0.858. The first-order valence-corrected chi connectivity index (χ1v) is 3.00. The van der Waals surface area contributed by atoms with Crippen LogP contribution in [0.5, 0.6) is 0 Å². The summed E-state index contributed by atoms with van der Waals surface area (Å²) in [6.45, 7) is 5.50. The quantitative estimate of drug-likeness (QED) is 0.416. The minimum Gasteiger partial charge on any atom is -0.296 e. The number of halogens is 1. The van der Waals surface area contributed by atoms with Gasteiger partial charge in [0.2, 0.25) is 0 Å². The normalized spacial score (nSPS) is 12.6. The first kappa shape index (κ1) is 8.44. The molecular formula is C7H10ClN. The fraction of sp³-hybridized carbons (Fsp3) is 0.286. The van der Waals surface area contributed by atoms with Gasteiger partial charge in [-0.1, -0.05) is 18.2 Å². The molecule has 0 aromatic carbocycles. The van der Waals surface area contributed by atoms with Crippen LogP contribution in [0.3, 0.4) is 0 Å². The van der Waals surface area contributed by atoms with Gasteiger partial charge >= 0.3 is 0 Å². The van der Waals surface area contributed by atoms with Crippen molar-refractivity contribution in [1.29, 1.82) is 0 Å². The number of rotatable bonds is 2. The van der Waals surface area contributed by atoms with Gasteiger partial charge in [-0.05, 0) is 18.6 Å². The number of allylic oxidation sites excluding steroid dienone is 3. The summed E-state index contributed by atoms with van der Waals surface area (Å²) < 4.78 is 0. The van der Waals surface area contributed by atoms with Crippen LogP contribution < -0.4 is 0 Å². The van der Waals surface area contributed by atoms with Crippen molar-refractivity contribution in [1.82, 2.24) is 0 Å². The second-order valence-corrected chi connectivity index (χ2v) is 2.11. The number of hydrogen-bond acceptors (Lipinski definition) is 1. The fourth-order valence-electron chi connectivity index (χ4n) is 0.282. The minimum atomic E-state index is 0.653. The molecule has 1 nitrogen and oxygen atoms in total. The van der Waals surface area contributed by atoms with Crippen LogP contribution in [0, 0.1) is 0 Å². The van der Waals surface area contributed by atoms with E-state index in [0.29, 0.717) is 5.03 Å². The van der Waals surface area contributed by atoms with Gasteiger partial charge in [0.05, 0.1) is 0 Å². The second-order valence-electron chi connectivity index (χ2n) is 1.70. The first-order chi connectivity index (χ1) is 4.18. The highest BCUT2D eigenvalue weighted by molar-refractivity contribution is 6.32. The molecule has 0 radical (unpaired) electrons. The van der Waals surface area contributed by atoms with Gasteiger partial charge in [-0.3, -0.25) is 4.99 Å². The molecular weight excluding hydrogens is 134 g/mol. The highest BCUT2D eigenvalue weighted by Crippen LogP contribution is 2.09. The molecule has 0 fully saturated rings. The van der Waals surface area contributed by atoms with Gasteiger partial charge in [0, 0.05) is 18.3 Å². The van der Waals surface area contributed by atoms with Gasteiger partial charge in [-0.15, -0.1) is 0 Å². The molecule has 0 unspecified atom stereocenters. The van der Waals surface area contributed by atoms with E-state index < -0.39 is 0 Å². The molecule has 0 aliphatic heterocycles. The predicted molar refractivity (Wildman–Crippen MR) is 43.2 cm³/mol. The maximum Gasteiger partial charge on any atom is 0.0444 e. The topological polar surface area (TPSA) is 12.4 Å². The Kier molecular flexibility index (Phi) is 4.06. The van der Waals surface area contributed by atoms with Crippen molar-refractivity contribution < 1.29 is 0 Å². The van der Waals surface area contributed by atoms with Crippen molar-refractivity contribution in [2.45, 2.75) is 6.92 Å². The van der Waals surface area contributed by atoms with Crippen LogP contribution in [-0.2, 0) is 0 Å². The van der Waals surface area contributed by atoms with Crippen LogP contribution in [0.1, 0.15) is 6.92 Å². The van der Waals surface area contributed by atoms with Gasteiger partial charge in [-0.2, -0.15) is 0 Å². The summed E-state index contributed by atoms with van der Waals surface area (Å²) in [5.74, 6) is 0. The Labute approximate surface area is 60.7 Å². The molecule has 50 valence electrons. The molecule has 0 saturated heterocycles. The number of nitrogens with zero attached hydrogens (tertiary/aromatic N) is 1. The molecule has 0 saturated carbocycles. The van der Waals surface area contributed by atoms with Crippen LogP contribution in [0.4, 0.5) is 0 Å². The second kappa shape index (κ2) is 4.33. The largest absolute Gasteiger partial charge is 0.296 e. The van der Waals surface area contributed by atoms with Crippen molar-refractivity contribution >= 4 is 17.8 Å². The molecule has 0 aliphatic rings. The Hall–Kier alpha value is -0.560. The molecule has 9 heavy (non-hydrogen) atoms. The third-order valence-corrected chi connectivity index (χ3v) is 1.23. The summed E-state index contributed by atoms with van der Waals surface area (Å²) in [4.78, 5) is 3.73. The molecule has 0 N–H and O–H groups in total. The minimum absolute atomic E-state index is 0.653. The molecule has 0 atom stereocenters. The van der Waals surface area contributed by atoms with E-state index in [2.05, 4.69) is 11.6 Å². The molecule has 0 spiro atoms. The van der Waals surface area contributed by atoms with Crippen molar-refractivity contribution in [2.75, 3.05) is 7.05 Å². The van der Waals surface area contributed by atoms with Crippen LogP contribution >= 0.6 is 11.6 Å². The molecule has 0 heterocycles. The molecule has 0 rings (SSSR count). The Morgan fingerprint density at radius 3 is 2.56 bits per heavy atom. The van der Waals surface area contributed by atoms with Gasteiger partial charge in [0.15, 0.2) is 0 Å². The summed E-state index contributed by atoms with van der Waals surface area (Å²) in [5, 5.41) is 0.653. The Balaban J connectivity index is 4.00. The van der Waals surface area contributed by atoms with E-state index in [9.17, 15) is 0 Å². The lowest BCUT2D eigenvalue weighted by Gasteiger charge is -1.89. The summed E-state index contributed by atoms with van der Waals surface area (Å²) in [6, 6.07) is 0. The van der Waals surface area contributed by atoms with E-state index in [4.69, 9.17) is 11.6 Å². The van der Waals surface area contributed by atoms with E-state index >= 15 is 0 Å². The predicted octanol–water partition coefficient (Wildman–Crippen LogP) is 2.39. The highest BCUT2D eigenvalue weighted by Gasteiger charge is 1.86. The van der Waals surface area contributed by atoms with E-state index in [1.54, 1.807) is 19.3 Å². The average molecular weight is 144 g/mol. The maximum absolute atomic E-state index is 5.66. The zero-order chi connectivity index (χ0) is 7.28. The van der Waals surface area contributed by atoms with Crippen LogP contribution in [0.25, 0.3) is 0 Å². The number of aliphatic imine (C=N–C) groups is 1. The standard InChI is InChI=1S/C7H10ClN/c1-6(2)7(8)4-5-9-3/h4-5H,1H2,2-3H3/b7-4+,9-5?. The van der Waals surface area contributed by atoms with Crippen molar-refractivity contribution in [3.05, 3.63) is 23.3 Å². The molecule has 0 bridgehead atoms. The van der Waals surface area contributed by atoms with E-state index in [-0.39, 0.29) is 0 Å². The zero-order valence-electron chi connectivity index (χ0n) is 5.69. The van der Waals surface area contributed by atoms with Crippen LogP contribution in [-0.4, -0.2) is 13.3 Å². The molecule has 0 aliphatic carbocycles. The van der Waals surface area contributed by atoms with Gasteiger partial charge in [-0.25, -0.2) is 0 Å². The van der Waals surface area contributed by atoms with E-state index in [1.165, 1.54) is 0 Å². The average Bonchev–Trinajstić information content (AvgIpc) is 1.82. The smallest absolute Gasteiger partial charge is 0.0444 e. The van der Waals surface area contributed by atoms with Crippen LogP contribution in [0.15, 0.2) is 28.3 Å². The Morgan fingerprint density at radius 1 is 1.67 bits per heavy atom. The summed E-state index contributed by atoms with van der Waals surface area (Å²) in [6.07, 6.45) is 3.35. The van der Waals surface area contributed by atoms with Gasteiger partial charge in [0.1, 0.15) is 0 Å². The Bertz CT molecular complexity index is 156. The number of hydrogen-bond donors (Lipinski definition) is 0. The molecule has 0 aromatic heterocycles. The van der Waals surface area contributed by atoms with Crippen molar-refractivity contribution in [3.8, 4) is 0 Å². The van der Waals surface area contributed by atoms with E-state index in [0.717, 1.165) is 5.57 Å². The zero-order valence-corrected chi connectivity index (χ0v) is 6.44. The first-order valence-electron chi connectivity index (χ1n) is 2.62. The lowest BCUT2D eigenvalue weighted by Crippen LogP contribution is -1.72. The fourth-order valence-corrected chi connectivity index (χ4v) is 0.339. The third kappa shape index (κ3) is 3.98. The summed E-state index contributed by atoms with van der Waals surface area (Å²) >= 11 is 5.66. The molecule has 2 heteroatoms. The molecule has 0 amide bonds. The van der Waals surface area contributed by atoms with Gasteiger partial charge in [0.25, 0.3) is 0 Å². The Morgan fingerprint density at radius 2 is 2.22 bits per heavy atom. The SMILES string of the molecule is C=C(C)/C(Cl)=C\C=NC. The lowest BCUT2D eigenvalue weighted by molar-refractivity contribution is 1.47.